The van der Waals surface area contributed by atoms with Gasteiger partial charge < -0.3 is 9.78 Å². The van der Waals surface area contributed by atoms with Crippen LogP contribution in [-0.4, -0.2) is 26.3 Å². The fourth-order valence-electron chi connectivity index (χ4n) is 1.90. The molecule has 0 bridgehead atoms. The third kappa shape index (κ3) is 1.61. The Kier molecular flexibility index (Phi) is 2.22. The minimum absolute atomic E-state index is 0.454. The molecule has 3 rings (SSSR count). The van der Waals surface area contributed by atoms with Crippen molar-refractivity contribution in [1.29, 1.82) is 0 Å². The van der Waals surface area contributed by atoms with Crippen molar-refractivity contribution >= 4 is 17.2 Å². The maximum Gasteiger partial charge on any atom is 0.150 e. The van der Waals surface area contributed by atoms with Crippen molar-refractivity contribution in [2.75, 3.05) is 0 Å². The van der Waals surface area contributed by atoms with Crippen LogP contribution in [0.3, 0.4) is 0 Å². The molecule has 0 saturated carbocycles. The lowest BCUT2D eigenvalue weighted by molar-refractivity contribution is -0.109. The van der Waals surface area contributed by atoms with E-state index in [1.807, 2.05) is 30.3 Å². The van der Waals surface area contributed by atoms with E-state index in [4.69, 9.17) is 0 Å². The van der Waals surface area contributed by atoms with Crippen LogP contribution in [-0.2, 0) is 4.79 Å². The van der Waals surface area contributed by atoms with Crippen LogP contribution >= 0.6 is 0 Å². The molecule has 0 aliphatic rings. The number of hydrogen-bond acceptors (Lipinski definition) is 3. The molecule has 0 amide bonds. The number of aldehydes is 1. The first-order valence-electron chi connectivity index (χ1n) is 5.27. The summed E-state index contributed by atoms with van der Waals surface area (Å²) in [7, 11) is 0. The molecule has 3 aromatic rings. The molecule has 1 aromatic carbocycles. The van der Waals surface area contributed by atoms with Crippen molar-refractivity contribution in [3.8, 4) is 0 Å². The van der Waals surface area contributed by atoms with Gasteiger partial charge in [-0.1, -0.05) is 23.4 Å². The van der Waals surface area contributed by atoms with E-state index in [0.29, 0.717) is 0 Å². The van der Waals surface area contributed by atoms with Crippen LogP contribution in [0.15, 0.2) is 42.7 Å². The summed E-state index contributed by atoms with van der Waals surface area (Å²) in [5.74, 6) is 0. The summed E-state index contributed by atoms with van der Waals surface area (Å²) in [5, 5.41) is 8.64. The Hall–Kier alpha value is -2.43. The van der Waals surface area contributed by atoms with Gasteiger partial charge in [0.25, 0.3) is 0 Å². The highest BCUT2D eigenvalue weighted by molar-refractivity contribution is 5.81. The molecule has 0 radical (unpaired) electrons. The fourth-order valence-corrected chi connectivity index (χ4v) is 1.90. The Morgan fingerprint density at radius 1 is 1.35 bits per heavy atom. The second-order valence-electron chi connectivity index (χ2n) is 3.78. The lowest BCUT2D eigenvalue weighted by atomic mass is 10.2. The summed E-state index contributed by atoms with van der Waals surface area (Å²) < 4.78 is 1.53. The Morgan fingerprint density at radius 3 is 2.94 bits per heavy atom. The van der Waals surface area contributed by atoms with Crippen molar-refractivity contribution in [2.24, 2.45) is 0 Å². The number of carbonyl (C=O) groups excluding carboxylic acids is 1. The van der Waals surface area contributed by atoms with Gasteiger partial charge in [0, 0.05) is 17.4 Å². The maximum atomic E-state index is 11.2. The van der Waals surface area contributed by atoms with Crippen LogP contribution in [0.1, 0.15) is 11.7 Å². The minimum Gasteiger partial charge on any atom is -0.356 e. The van der Waals surface area contributed by atoms with Crippen LogP contribution < -0.4 is 0 Å². The van der Waals surface area contributed by atoms with Crippen LogP contribution in [0.2, 0.25) is 0 Å². The average Bonchev–Trinajstić information content (AvgIpc) is 2.98. The van der Waals surface area contributed by atoms with Crippen molar-refractivity contribution < 1.29 is 4.79 Å². The van der Waals surface area contributed by atoms with E-state index in [0.717, 1.165) is 22.9 Å². The first-order valence-corrected chi connectivity index (χ1v) is 5.27. The molecule has 17 heavy (non-hydrogen) atoms. The number of carbonyl (C=O) groups is 1. The molecule has 0 spiro atoms. The fraction of sp³-hybridized carbons (Fsp3) is 0.0833. The Labute approximate surface area is 97.1 Å². The van der Waals surface area contributed by atoms with E-state index in [1.54, 1.807) is 12.4 Å². The summed E-state index contributed by atoms with van der Waals surface area (Å²) in [4.78, 5) is 14.4. The van der Waals surface area contributed by atoms with Crippen molar-refractivity contribution in [2.45, 2.75) is 6.04 Å². The van der Waals surface area contributed by atoms with E-state index in [1.165, 1.54) is 4.68 Å². The van der Waals surface area contributed by atoms with Gasteiger partial charge in [0.2, 0.25) is 0 Å². The average molecular weight is 226 g/mol. The third-order valence-corrected chi connectivity index (χ3v) is 2.72. The van der Waals surface area contributed by atoms with Gasteiger partial charge in [-0.3, -0.25) is 0 Å². The summed E-state index contributed by atoms with van der Waals surface area (Å²) in [5.41, 5.74) is 1.82. The number of benzene rings is 1. The standard InChI is InChI=1S/C12H10N4O/c17-8-12(16-6-5-13-15-16)11-7-9-3-1-2-4-10(9)14-11/h1-8,12,14H. The zero-order valence-corrected chi connectivity index (χ0v) is 8.95. The second-order valence-corrected chi connectivity index (χ2v) is 3.78. The van der Waals surface area contributed by atoms with Crippen LogP contribution in [0, 0.1) is 0 Å². The molecule has 1 atom stereocenters. The number of hydrogen-bond donors (Lipinski definition) is 1. The van der Waals surface area contributed by atoms with Gasteiger partial charge in [-0.25, -0.2) is 4.68 Å². The van der Waals surface area contributed by atoms with Gasteiger partial charge in [-0.15, -0.1) is 5.10 Å². The van der Waals surface area contributed by atoms with Gasteiger partial charge in [0.15, 0.2) is 6.29 Å². The highest BCUT2D eigenvalue weighted by Crippen LogP contribution is 2.20. The molecule has 1 N–H and O–H groups in total. The van der Waals surface area contributed by atoms with Gasteiger partial charge >= 0.3 is 0 Å². The van der Waals surface area contributed by atoms with Gasteiger partial charge in [0.05, 0.1) is 6.20 Å². The molecule has 2 aromatic heterocycles. The van der Waals surface area contributed by atoms with Crippen LogP contribution in [0.25, 0.3) is 10.9 Å². The van der Waals surface area contributed by atoms with Gasteiger partial charge in [0.1, 0.15) is 6.04 Å². The van der Waals surface area contributed by atoms with E-state index >= 15 is 0 Å². The van der Waals surface area contributed by atoms with E-state index in [2.05, 4.69) is 15.3 Å². The number of fused-ring (bicyclic) bond motifs is 1. The molecule has 0 saturated heterocycles. The van der Waals surface area contributed by atoms with E-state index < -0.39 is 6.04 Å². The second kappa shape index (κ2) is 3.86. The predicted molar refractivity (Wildman–Crippen MR) is 62.5 cm³/mol. The van der Waals surface area contributed by atoms with Crippen molar-refractivity contribution in [1.82, 2.24) is 20.0 Å². The molecule has 0 aliphatic heterocycles. The number of nitrogens with one attached hydrogen (secondary N) is 1. The van der Waals surface area contributed by atoms with Crippen LogP contribution in [0.4, 0.5) is 0 Å². The zero-order chi connectivity index (χ0) is 11.7. The minimum atomic E-state index is -0.454. The first-order chi connectivity index (χ1) is 8.38. The monoisotopic (exact) mass is 226 g/mol. The maximum absolute atomic E-state index is 11.2. The quantitative estimate of drug-likeness (QED) is 0.689. The van der Waals surface area contributed by atoms with Crippen molar-refractivity contribution in [3.63, 3.8) is 0 Å². The summed E-state index contributed by atoms with van der Waals surface area (Å²) in [6, 6.07) is 9.39. The number of para-hydroxylation sites is 1. The zero-order valence-electron chi connectivity index (χ0n) is 8.95. The number of nitrogens with zero attached hydrogens (tertiary/aromatic N) is 3. The summed E-state index contributed by atoms with van der Waals surface area (Å²) >= 11 is 0. The lowest BCUT2D eigenvalue weighted by Crippen LogP contribution is -2.13. The summed E-state index contributed by atoms with van der Waals surface area (Å²) in [6.07, 6.45) is 4.07. The normalized spacial score (nSPS) is 12.7. The molecule has 5 nitrogen and oxygen atoms in total. The smallest absolute Gasteiger partial charge is 0.150 e. The topological polar surface area (TPSA) is 63.6 Å². The SMILES string of the molecule is O=CC(c1cc2ccccc2[nH]1)n1ccnn1. The molecule has 0 fully saturated rings. The molecular formula is C12H10N4O. The number of H-pyrrole nitrogens is 1. The number of aromatic nitrogens is 4. The Balaban J connectivity index is 2.10. The van der Waals surface area contributed by atoms with Gasteiger partial charge in [-0.05, 0) is 17.5 Å². The largest absolute Gasteiger partial charge is 0.356 e. The summed E-state index contributed by atoms with van der Waals surface area (Å²) in [6.45, 7) is 0. The first kappa shape index (κ1) is 9.77. The van der Waals surface area contributed by atoms with E-state index in [9.17, 15) is 4.79 Å². The molecule has 1 unspecified atom stereocenters. The van der Waals surface area contributed by atoms with Crippen molar-refractivity contribution in [3.05, 3.63) is 48.4 Å². The highest BCUT2D eigenvalue weighted by Gasteiger charge is 2.15. The van der Waals surface area contributed by atoms with E-state index in [-0.39, 0.29) is 0 Å². The van der Waals surface area contributed by atoms with Gasteiger partial charge in [-0.2, -0.15) is 0 Å². The highest BCUT2D eigenvalue weighted by atomic mass is 16.1. The Bertz CT molecular complexity index is 608. The predicted octanol–water partition coefficient (Wildman–Crippen LogP) is 1.55. The molecule has 5 heteroatoms. The molecule has 0 aliphatic carbocycles. The lowest BCUT2D eigenvalue weighted by Gasteiger charge is -2.06. The number of rotatable bonds is 3. The molecule has 84 valence electrons. The number of aromatic amines is 1. The third-order valence-electron chi connectivity index (χ3n) is 2.72. The molecule has 2 heterocycles. The Morgan fingerprint density at radius 2 is 2.24 bits per heavy atom. The van der Waals surface area contributed by atoms with Crippen LogP contribution in [0.5, 0.6) is 0 Å². The molecular weight excluding hydrogens is 216 g/mol.